The second-order valence-electron chi connectivity index (χ2n) is 7.71. The standard InChI is InChI=1S/C20H28N6O3/c1-11-12(2)21-20(25-18(11)26(3)4)23-15-7-5-14(6-8-15)22-19(29)13-9-16(27)24-17(28)10-13/h9-10,14-15H,5-8H2,1-4H3,(H,22,29)(H,21,23,25)(H2,24,27,28). The van der Waals surface area contributed by atoms with Crippen LogP contribution in [0.2, 0.25) is 0 Å². The number of aromatic hydroxyl groups is 2. The van der Waals surface area contributed by atoms with Crippen LogP contribution in [0.5, 0.6) is 11.8 Å². The largest absolute Gasteiger partial charge is 0.493 e. The van der Waals surface area contributed by atoms with Crippen molar-refractivity contribution in [3.8, 4) is 11.8 Å². The SMILES string of the molecule is Cc1nc(NC2CCC(NC(=O)c3cc(O)nc(O)c3)CC2)nc(N(C)C)c1C. The maximum absolute atomic E-state index is 12.4. The molecule has 0 saturated heterocycles. The molecule has 4 N–H and O–H groups in total. The zero-order chi connectivity index (χ0) is 21.1. The molecule has 2 heterocycles. The summed E-state index contributed by atoms with van der Waals surface area (Å²) in [5, 5.41) is 25.3. The van der Waals surface area contributed by atoms with Gasteiger partial charge in [-0.05, 0) is 39.5 Å². The van der Waals surface area contributed by atoms with Gasteiger partial charge in [0.2, 0.25) is 17.7 Å². The number of aryl methyl sites for hydroxylation is 1. The highest BCUT2D eigenvalue weighted by Gasteiger charge is 2.24. The number of hydrogen-bond donors (Lipinski definition) is 4. The molecule has 0 atom stereocenters. The van der Waals surface area contributed by atoms with Crippen LogP contribution in [0.15, 0.2) is 12.1 Å². The van der Waals surface area contributed by atoms with Crippen LogP contribution < -0.4 is 15.5 Å². The number of rotatable bonds is 5. The number of carbonyl (C=O) groups excluding carboxylic acids is 1. The smallest absolute Gasteiger partial charge is 0.251 e. The van der Waals surface area contributed by atoms with E-state index in [9.17, 15) is 15.0 Å². The van der Waals surface area contributed by atoms with Crippen LogP contribution in [0, 0.1) is 13.8 Å². The van der Waals surface area contributed by atoms with E-state index in [0.29, 0.717) is 5.95 Å². The van der Waals surface area contributed by atoms with Crippen molar-refractivity contribution >= 4 is 17.7 Å². The molecule has 9 nitrogen and oxygen atoms in total. The van der Waals surface area contributed by atoms with Crippen LogP contribution >= 0.6 is 0 Å². The molecule has 0 bridgehead atoms. The monoisotopic (exact) mass is 400 g/mol. The highest BCUT2D eigenvalue weighted by Crippen LogP contribution is 2.24. The Balaban J connectivity index is 1.56. The molecule has 0 aliphatic heterocycles. The molecular formula is C20H28N6O3. The molecule has 1 saturated carbocycles. The van der Waals surface area contributed by atoms with Gasteiger partial charge in [-0.1, -0.05) is 0 Å². The first-order valence-corrected chi connectivity index (χ1v) is 9.73. The quantitative estimate of drug-likeness (QED) is 0.602. The molecule has 156 valence electrons. The summed E-state index contributed by atoms with van der Waals surface area (Å²) in [7, 11) is 3.93. The van der Waals surface area contributed by atoms with E-state index in [1.165, 1.54) is 12.1 Å². The fraction of sp³-hybridized carbons (Fsp3) is 0.500. The first-order chi connectivity index (χ1) is 13.7. The van der Waals surface area contributed by atoms with Gasteiger partial charge in [0, 0.05) is 49.6 Å². The Morgan fingerprint density at radius 1 is 1.00 bits per heavy atom. The molecule has 2 aromatic heterocycles. The first-order valence-electron chi connectivity index (χ1n) is 9.73. The van der Waals surface area contributed by atoms with Gasteiger partial charge < -0.3 is 25.7 Å². The predicted octanol–water partition coefficient (Wildman–Crippen LogP) is 2.12. The van der Waals surface area contributed by atoms with Crippen LogP contribution in [0.1, 0.15) is 47.3 Å². The van der Waals surface area contributed by atoms with E-state index in [0.717, 1.165) is 42.8 Å². The van der Waals surface area contributed by atoms with Gasteiger partial charge in [0.25, 0.3) is 5.91 Å². The fourth-order valence-corrected chi connectivity index (χ4v) is 3.58. The molecule has 1 amide bonds. The van der Waals surface area contributed by atoms with Crippen molar-refractivity contribution in [1.82, 2.24) is 20.3 Å². The minimum Gasteiger partial charge on any atom is -0.493 e. The second-order valence-corrected chi connectivity index (χ2v) is 7.71. The van der Waals surface area contributed by atoms with Gasteiger partial charge >= 0.3 is 0 Å². The number of amides is 1. The van der Waals surface area contributed by atoms with Crippen LogP contribution in [-0.4, -0.2) is 57.3 Å². The third-order valence-corrected chi connectivity index (χ3v) is 5.24. The van der Waals surface area contributed by atoms with Gasteiger partial charge in [0.15, 0.2) is 0 Å². The van der Waals surface area contributed by atoms with Crippen molar-refractivity contribution in [3.63, 3.8) is 0 Å². The number of nitrogens with zero attached hydrogens (tertiary/aromatic N) is 4. The molecule has 0 spiro atoms. The average molecular weight is 400 g/mol. The van der Waals surface area contributed by atoms with Gasteiger partial charge in [-0.3, -0.25) is 4.79 Å². The van der Waals surface area contributed by atoms with Crippen molar-refractivity contribution in [3.05, 3.63) is 29.0 Å². The van der Waals surface area contributed by atoms with Crippen molar-refractivity contribution < 1.29 is 15.0 Å². The lowest BCUT2D eigenvalue weighted by Crippen LogP contribution is -2.40. The lowest BCUT2D eigenvalue weighted by molar-refractivity contribution is 0.0925. The zero-order valence-corrected chi connectivity index (χ0v) is 17.2. The summed E-state index contributed by atoms with van der Waals surface area (Å²) < 4.78 is 0. The lowest BCUT2D eigenvalue weighted by atomic mass is 9.91. The van der Waals surface area contributed by atoms with Gasteiger partial charge in [-0.2, -0.15) is 9.97 Å². The molecule has 1 aliphatic rings. The molecule has 0 aromatic carbocycles. The fourth-order valence-electron chi connectivity index (χ4n) is 3.58. The molecule has 0 radical (unpaired) electrons. The van der Waals surface area contributed by atoms with E-state index in [1.54, 1.807) is 0 Å². The van der Waals surface area contributed by atoms with Crippen LogP contribution in [-0.2, 0) is 0 Å². The summed E-state index contributed by atoms with van der Waals surface area (Å²) in [5.41, 5.74) is 2.21. The Morgan fingerprint density at radius 2 is 1.59 bits per heavy atom. The highest BCUT2D eigenvalue weighted by atomic mass is 16.3. The molecule has 2 aromatic rings. The maximum Gasteiger partial charge on any atom is 0.251 e. The Kier molecular flexibility index (Phi) is 6.05. The summed E-state index contributed by atoms with van der Waals surface area (Å²) in [5.74, 6) is 0.446. The molecule has 0 unspecified atom stereocenters. The van der Waals surface area contributed by atoms with Crippen molar-refractivity contribution in [2.24, 2.45) is 0 Å². The maximum atomic E-state index is 12.4. The number of aromatic nitrogens is 3. The lowest BCUT2D eigenvalue weighted by Gasteiger charge is -2.30. The van der Waals surface area contributed by atoms with Crippen LogP contribution in [0.3, 0.4) is 0 Å². The van der Waals surface area contributed by atoms with E-state index in [4.69, 9.17) is 0 Å². The van der Waals surface area contributed by atoms with Crippen molar-refractivity contribution in [2.45, 2.75) is 51.6 Å². The molecule has 29 heavy (non-hydrogen) atoms. The number of pyridine rings is 1. The minimum absolute atomic E-state index is 0.0380. The van der Waals surface area contributed by atoms with E-state index in [1.807, 2.05) is 32.8 Å². The first kappa shape index (κ1) is 20.6. The molecule has 1 aliphatic carbocycles. The van der Waals surface area contributed by atoms with Gasteiger partial charge in [0.05, 0.1) is 5.56 Å². The van der Waals surface area contributed by atoms with E-state index >= 15 is 0 Å². The van der Waals surface area contributed by atoms with Crippen molar-refractivity contribution in [1.29, 1.82) is 0 Å². The number of carbonyl (C=O) groups is 1. The van der Waals surface area contributed by atoms with Crippen LogP contribution in [0.25, 0.3) is 0 Å². The summed E-state index contributed by atoms with van der Waals surface area (Å²) in [4.78, 5) is 27.0. The molecule has 9 heteroatoms. The van der Waals surface area contributed by atoms with Crippen LogP contribution in [0.4, 0.5) is 11.8 Å². The topological polar surface area (TPSA) is 124 Å². The summed E-state index contributed by atoms with van der Waals surface area (Å²) in [6.45, 7) is 4.00. The molecule has 3 rings (SSSR count). The molecule has 1 fully saturated rings. The molecular weight excluding hydrogens is 372 g/mol. The number of nitrogens with one attached hydrogen (secondary N) is 2. The third kappa shape index (κ3) is 5.04. The van der Waals surface area contributed by atoms with E-state index in [2.05, 4.69) is 25.6 Å². The second kappa shape index (κ2) is 8.50. The third-order valence-electron chi connectivity index (χ3n) is 5.24. The zero-order valence-electron chi connectivity index (χ0n) is 17.2. The number of hydrogen-bond acceptors (Lipinski definition) is 8. The Hall–Kier alpha value is -3.10. The summed E-state index contributed by atoms with van der Waals surface area (Å²) in [6, 6.07) is 2.76. The summed E-state index contributed by atoms with van der Waals surface area (Å²) in [6.07, 6.45) is 3.40. The minimum atomic E-state index is -0.381. The van der Waals surface area contributed by atoms with Gasteiger partial charge in [-0.15, -0.1) is 0 Å². The average Bonchev–Trinajstić information content (AvgIpc) is 2.65. The predicted molar refractivity (Wildman–Crippen MR) is 111 cm³/mol. The van der Waals surface area contributed by atoms with Gasteiger partial charge in [-0.25, -0.2) is 4.98 Å². The van der Waals surface area contributed by atoms with E-state index < -0.39 is 0 Å². The highest BCUT2D eigenvalue weighted by molar-refractivity contribution is 5.94. The Labute approximate surface area is 170 Å². The van der Waals surface area contributed by atoms with Gasteiger partial charge in [0.1, 0.15) is 5.82 Å². The van der Waals surface area contributed by atoms with Crippen molar-refractivity contribution in [2.75, 3.05) is 24.3 Å². The Bertz CT molecular complexity index is 874. The number of anilines is 2. The van der Waals surface area contributed by atoms with E-state index in [-0.39, 0.29) is 35.3 Å². The normalized spacial score (nSPS) is 18.9. The Morgan fingerprint density at radius 3 is 2.17 bits per heavy atom. The summed E-state index contributed by atoms with van der Waals surface area (Å²) >= 11 is 0.